The molecule has 0 saturated heterocycles. The zero-order valence-electron chi connectivity index (χ0n) is 16.6. The smallest absolute Gasteiger partial charge is 0.0734 e. The number of rotatable bonds is 7. The normalized spacial score (nSPS) is 15.3. The fourth-order valence-corrected chi connectivity index (χ4v) is 4.01. The highest BCUT2D eigenvalue weighted by molar-refractivity contribution is 5.64. The summed E-state index contributed by atoms with van der Waals surface area (Å²) in [6.45, 7) is 1.52. The van der Waals surface area contributed by atoms with Gasteiger partial charge >= 0.3 is 0 Å². The molecule has 4 nitrogen and oxygen atoms in total. The fraction of sp³-hybridized carbons (Fsp3) is 0.292. The molecule has 4 heteroatoms. The molecule has 0 fully saturated rings. The Balaban J connectivity index is 1.47. The lowest BCUT2D eigenvalue weighted by molar-refractivity contribution is 0.185. The molecule has 4 rings (SSSR count). The molecule has 1 aliphatic rings. The largest absolute Gasteiger partial charge is 0.383 e. The topological polar surface area (TPSA) is 37.4 Å². The number of nitrogens with zero attached hydrogens (tertiary/aromatic N) is 2. The number of ether oxygens (including phenoxy) is 1. The minimum atomic E-state index is 0.529. The number of pyridine rings is 1. The molecule has 0 amide bonds. The third-order valence-electron chi connectivity index (χ3n) is 5.61. The quantitative estimate of drug-likeness (QED) is 0.622. The Morgan fingerprint density at radius 1 is 1.11 bits per heavy atom. The second-order valence-corrected chi connectivity index (χ2v) is 7.36. The van der Waals surface area contributed by atoms with Crippen molar-refractivity contribution in [1.29, 1.82) is 0 Å². The lowest BCUT2D eigenvalue weighted by Gasteiger charge is -2.21. The van der Waals surface area contributed by atoms with Gasteiger partial charge in [0.15, 0.2) is 0 Å². The number of aryl methyl sites for hydroxylation is 1. The third-order valence-corrected chi connectivity index (χ3v) is 5.61. The first-order valence-electron chi connectivity index (χ1n) is 9.83. The summed E-state index contributed by atoms with van der Waals surface area (Å²) in [5, 5.41) is 3.59. The predicted octanol–water partition coefficient (Wildman–Crippen LogP) is 5.14. The van der Waals surface area contributed by atoms with Crippen LogP contribution in [0.5, 0.6) is 0 Å². The van der Waals surface area contributed by atoms with Gasteiger partial charge in [-0.05, 0) is 54.3 Å². The number of benzene rings is 2. The van der Waals surface area contributed by atoms with Crippen LogP contribution in [0.2, 0.25) is 0 Å². The molecular formula is C24H27N3O. The highest BCUT2D eigenvalue weighted by Gasteiger charge is 2.23. The van der Waals surface area contributed by atoms with E-state index in [1.54, 1.807) is 7.11 Å². The third kappa shape index (κ3) is 3.87. The molecule has 3 aromatic rings. The SMILES string of the molecule is COCc1ccncc1NC[C@@H]1CCc2cc(N(C)c3ccccc3)ccc21. The minimum absolute atomic E-state index is 0.529. The number of hydrogen-bond acceptors (Lipinski definition) is 4. The summed E-state index contributed by atoms with van der Waals surface area (Å²) in [7, 11) is 3.85. The van der Waals surface area contributed by atoms with Crippen molar-refractivity contribution in [2.24, 2.45) is 0 Å². The molecule has 0 bridgehead atoms. The Bertz CT molecular complexity index is 926. The average molecular weight is 374 g/mol. The molecule has 28 heavy (non-hydrogen) atoms. The van der Waals surface area contributed by atoms with E-state index in [-0.39, 0.29) is 0 Å². The summed E-state index contributed by atoms with van der Waals surface area (Å²) in [5.74, 6) is 0.529. The summed E-state index contributed by atoms with van der Waals surface area (Å²) in [6.07, 6.45) is 6.02. The maximum atomic E-state index is 5.30. The van der Waals surface area contributed by atoms with Crippen LogP contribution in [-0.2, 0) is 17.8 Å². The van der Waals surface area contributed by atoms with Crippen LogP contribution < -0.4 is 10.2 Å². The van der Waals surface area contributed by atoms with Gasteiger partial charge in [0.2, 0.25) is 0 Å². The number of fused-ring (bicyclic) bond motifs is 1. The first-order chi connectivity index (χ1) is 13.8. The zero-order valence-corrected chi connectivity index (χ0v) is 16.6. The Hall–Kier alpha value is -2.85. The van der Waals surface area contributed by atoms with Crippen LogP contribution in [0.25, 0.3) is 0 Å². The first kappa shape index (κ1) is 18.5. The molecule has 0 saturated carbocycles. The molecule has 0 unspecified atom stereocenters. The fourth-order valence-electron chi connectivity index (χ4n) is 4.01. The van der Waals surface area contributed by atoms with Crippen LogP contribution in [0.4, 0.5) is 17.1 Å². The van der Waals surface area contributed by atoms with E-state index in [2.05, 4.69) is 70.8 Å². The monoisotopic (exact) mass is 373 g/mol. The van der Waals surface area contributed by atoms with Crippen molar-refractivity contribution in [2.75, 3.05) is 30.9 Å². The minimum Gasteiger partial charge on any atom is -0.383 e. The molecule has 0 aliphatic heterocycles. The summed E-state index contributed by atoms with van der Waals surface area (Å²) in [5.41, 5.74) is 7.60. The standard InChI is InChI=1S/C24H27N3O/c1-27(21-6-4-3-5-7-21)22-10-11-23-18(14-22)8-9-19(23)15-26-24-16-25-13-12-20(24)17-28-2/h3-7,10-14,16,19,26H,8-9,15,17H2,1-2H3/t19-/m0/s1. The Kier molecular flexibility index (Phi) is 5.58. The van der Waals surface area contributed by atoms with Crippen molar-refractivity contribution in [1.82, 2.24) is 4.98 Å². The highest BCUT2D eigenvalue weighted by Crippen LogP contribution is 2.36. The van der Waals surface area contributed by atoms with Crippen molar-refractivity contribution in [3.8, 4) is 0 Å². The summed E-state index contributed by atoms with van der Waals surface area (Å²) < 4.78 is 5.30. The van der Waals surface area contributed by atoms with Crippen molar-refractivity contribution in [2.45, 2.75) is 25.4 Å². The molecule has 1 aromatic heterocycles. The number of para-hydroxylation sites is 1. The average Bonchev–Trinajstić information content (AvgIpc) is 3.15. The van der Waals surface area contributed by atoms with Gasteiger partial charge in [0.05, 0.1) is 18.5 Å². The van der Waals surface area contributed by atoms with Crippen LogP contribution >= 0.6 is 0 Å². The Morgan fingerprint density at radius 2 is 1.96 bits per heavy atom. The maximum Gasteiger partial charge on any atom is 0.0734 e. The van der Waals surface area contributed by atoms with Crippen molar-refractivity contribution in [3.63, 3.8) is 0 Å². The summed E-state index contributed by atoms with van der Waals surface area (Å²) in [6, 6.07) is 19.4. The van der Waals surface area contributed by atoms with Gasteiger partial charge in [-0.1, -0.05) is 24.3 Å². The van der Waals surface area contributed by atoms with Gasteiger partial charge in [-0.3, -0.25) is 4.98 Å². The molecule has 2 aromatic carbocycles. The van der Waals surface area contributed by atoms with Crippen molar-refractivity contribution in [3.05, 3.63) is 83.7 Å². The molecule has 1 aliphatic carbocycles. The second-order valence-electron chi connectivity index (χ2n) is 7.36. The molecule has 1 N–H and O–H groups in total. The molecule has 0 radical (unpaired) electrons. The summed E-state index contributed by atoms with van der Waals surface area (Å²) >= 11 is 0. The van der Waals surface area contributed by atoms with Gasteiger partial charge < -0.3 is 15.0 Å². The second kappa shape index (κ2) is 8.44. The zero-order chi connectivity index (χ0) is 19.3. The maximum absolute atomic E-state index is 5.30. The van der Waals surface area contributed by atoms with Crippen LogP contribution in [0.1, 0.15) is 29.0 Å². The van der Waals surface area contributed by atoms with Gasteiger partial charge in [0, 0.05) is 49.8 Å². The molecule has 1 heterocycles. The van der Waals surface area contributed by atoms with E-state index in [1.807, 2.05) is 18.5 Å². The van der Waals surface area contributed by atoms with E-state index in [1.165, 1.54) is 28.9 Å². The van der Waals surface area contributed by atoms with Gasteiger partial charge in [-0.25, -0.2) is 0 Å². The Labute approximate surface area is 167 Å². The number of hydrogen-bond donors (Lipinski definition) is 1. The van der Waals surface area contributed by atoms with Gasteiger partial charge in [-0.15, -0.1) is 0 Å². The number of aromatic nitrogens is 1. The van der Waals surface area contributed by atoms with Gasteiger partial charge in [0.25, 0.3) is 0 Å². The number of methoxy groups -OCH3 is 1. The van der Waals surface area contributed by atoms with Gasteiger partial charge in [-0.2, -0.15) is 0 Å². The highest BCUT2D eigenvalue weighted by atomic mass is 16.5. The lowest BCUT2D eigenvalue weighted by Crippen LogP contribution is -2.12. The van der Waals surface area contributed by atoms with Crippen molar-refractivity contribution < 1.29 is 4.74 Å². The van der Waals surface area contributed by atoms with E-state index in [9.17, 15) is 0 Å². The molecular weight excluding hydrogens is 346 g/mol. The van der Waals surface area contributed by atoms with Crippen LogP contribution in [-0.4, -0.2) is 25.7 Å². The molecule has 1 atom stereocenters. The van der Waals surface area contributed by atoms with Gasteiger partial charge in [0.1, 0.15) is 0 Å². The predicted molar refractivity (Wildman–Crippen MR) is 115 cm³/mol. The lowest BCUT2D eigenvalue weighted by atomic mass is 10.0. The van der Waals surface area contributed by atoms with Crippen LogP contribution in [0, 0.1) is 0 Å². The first-order valence-corrected chi connectivity index (χ1v) is 9.83. The van der Waals surface area contributed by atoms with Crippen LogP contribution in [0.3, 0.4) is 0 Å². The molecule has 144 valence electrons. The number of anilines is 3. The number of nitrogens with one attached hydrogen (secondary N) is 1. The van der Waals surface area contributed by atoms with E-state index in [0.29, 0.717) is 12.5 Å². The van der Waals surface area contributed by atoms with E-state index in [4.69, 9.17) is 4.74 Å². The van der Waals surface area contributed by atoms with Crippen LogP contribution in [0.15, 0.2) is 67.0 Å². The van der Waals surface area contributed by atoms with E-state index in [0.717, 1.165) is 24.2 Å². The van der Waals surface area contributed by atoms with E-state index >= 15 is 0 Å². The van der Waals surface area contributed by atoms with Crippen molar-refractivity contribution >= 4 is 17.1 Å². The van der Waals surface area contributed by atoms with E-state index < -0.39 is 0 Å². The Morgan fingerprint density at radius 3 is 2.79 bits per heavy atom. The molecule has 0 spiro atoms. The summed E-state index contributed by atoms with van der Waals surface area (Å²) in [4.78, 5) is 6.50.